The Labute approximate surface area is 324 Å². The molecule has 8 heteroatoms. The van der Waals surface area contributed by atoms with E-state index in [1.807, 2.05) is 24.3 Å². The van der Waals surface area contributed by atoms with E-state index in [0.717, 1.165) is 80.9 Å². The first-order chi connectivity index (χ1) is 24.8. The number of likely N-dealkylation sites (N-methyl/N-ethyl adjacent to an activating group) is 1. The molecule has 6 rings (SSSR count). The van der Waals surface area contributed by atoms with Crippen LogP contribution in [0, 0.1) is 56.7 Å². The largest absolute Gasteiger partial charge is 0.462 e. The maximum absolute atomic E-state index is 14.1. The summed E-state index contributed by atoms with van der Waals surface area (Å²) in [4.78, 5) is 40.7. The molecule has 1 aromatic carbocycles. The average Bonchev–Trinajstić information content (AvgIpc) is 3.41. The fourth-order valence-corrected chi connectivity index (χ4v) is 13.0. The van der Waals surface area contributed by atoms with Gasteiger partial charge in [-0.2, -0.15) is 0 Å². The number of nitrogens with zero attached hydrogens (tertiary/aromatic N) is 1. The van der Waals surface area contributed by atoms with Gasteiger partial charge in [0.1, 0.15) is 12.4 Å². The Balaban J connectivity index is 0.00000266. The van der Waals surface area contributed by atoms with Gasteiger partial charge in [0, 0.05) is 42.5 Å². The number of aliphatic hydroxyl groups excluding tert-OH is 2. The SMILES string of the molecule is CC(C)C1=C2C3CCC4C5(C)CCC(OC(=O)CC(C)(C)C=O)C(C)C5CCC4(C)[C@]3(C)CCC2(C(O)CN(C)Cc2ccc(Cl)cc2)CC1=O.CO. The van der Waals surface area contributed by atoms with E-state index in [0.29, 0.717) is 31.3 Å². The molecule has 0 radical (unpaired) electrons. The molecule has 0 spiro atoms. The molecule has 0 bridgehead atoms. The molecule has 10 atom stereocenters. The second-order valence-electron chi connectivity index (χ2n) is 19.5. The Bertz CT molecular complexity index is 1550. The Morgan fingerprint density at radius 2 is 1.68 bits per heavy atom. The van der Waals surface area contributed by atoms with Crippen LogP contribution in [0.5, 0.6) is 0 Å². The zero-order valence-corrected chi connectivity index (χ0v) is 35.0. The highest BCUT2D eigenvalue weighted by molar-refractivity contribution is 6.30. The van der Waals surface area contributed by atoms with Gasteiger partial charge in [-0.1, -0.05) is 84.7 Å². The van der Waals surface area contributed by atoms with E-state index >= 15 is 0 Å². The molecule has 0 saturated heterocycles. The molecule has 4 saturated carbocycles. The van der Waals surface area contributed by atoms with E-state index < -0.39 is 16.9 Å². The number of ketones is 1. The third-order valence-corrected chi connectivity index (χ3v) is 16.0. The normalized spacial score (nSPS) is 37.2. The summed E-state index contributed by atoms with van der Waals surface area (Å²) in [5.74, 6) is 1.69. The van der Waals surface area contributed by atoms with Crippen LogP contribution in [-0.2, 0) is 25.7 Å². The summed E-state index contributed by atoms with van der Waals surface area (Å²) in [6.07, 6.45) is 8.88. The van der Waals surface area contributed by atoms with Gasteiger partial charge in [-0.25, -0.2) is 0 Å². The van der Waals surface area contributed by atoms with Gasteiger partial charge < -0.3 is 19.7 Å². The summed E-state index contributed by atoms with van der Waals surface area (Å²) in [5.41, 5.74) is 2.54. The monoisotopic (exact) mass is 753 g/mol. The summed E-state index contributed by atoms with van der Waals surface area (Å²) in [6.45, 7) is 19.1. The van der Waals surface area contributed by atoms with E-state index in [4.69, 9.17) is 21.4 Å². The summed E-state index contributed by atoms with van der Waals surface area (Å²) < 4.78 is 6.12. The quantitative estimate of drug-likeness (QED) is 0.182. The van der Waals surface area contributed by atoms with Gasteiger partial charge in [-0.05, 0) is 128 Å². The van der Waals surface area contributed by atoms with Crippen molar-refractivity contribution in [1.82, 2.24) is 4.90 Å². The minimum absolute atomic E-state index is 0.0232. The molecule has 7 nitrogen and oxygen atoms in total. The van der Waals surface area contributed by atoms with E-state index in [2.05, 4.69) is 53.5 Å². The Morgan fingerprint density at radius 3 is 2.30 bits per heavy atom. The number of aliphatic hydroxyl groups is 2. The van der Waals surface area contributed by atoms with Crippen molar-refractivity contribution in [1.29, 1.82) is 0 Å². The highest BCUT2D eigenvalue weighted by atomic mass is 35.5. The highest BCUT2D eigenvalue weighted by Gasteiger charge is 2.69. The first-order valence-electron chi connectivity index (χ1n) is 20.3. The van der Waals surface area contributed by atoms with Crippen LogP contribution in [0.25, 0.3) is 0 Å². The standard InChI is InChI=1S/C44H64ClNO5.CH4O/c1-27(2)38-33(48)22-44(36(49)25-46(9)24-29-10-12-30(45)13-11-29)21-20-42(7)32(39(38)44)14-15-35-41(6)18-17-34(51-37(50)23-40(4,5)26-47)28(3)31(41)16-19-43(35,42)8;1-2/h10-13,26-28,31-32,34-36,49H,14-25H2,1-9H3;2H,1H3/t28?,31?,32?,34?,35?,36?,41?,42-,43?,44?;/m1./s1. The molecular weight excluding hydrogens is 686 g/mol. The van der Waals surface area contributed by atoms with Crippen molar-refractivity contribution in [2.45, 2.75) is 138 Å². The molecule has 296 valence electrons. The Morgan fingerprint density at radius 1 is 1.02 bits per heavy atom. The van der Waals surface area contributed by atoms with Crippen molar-refractivity contribution in [2.24, 2.45) is 56.7 Å². The summed E-state index contributed by atoms with van der Waals surface area (Å²) in [6, 6.07) is 7.92. The lowest BCUT2D eigenvalue weighted by Crippen LogP contribution is -2.65. The highest BCUT2D eigenvalue weighted by Crippen LogP contribution is 2.76. The number of ether oxygens (including phenoxy) is 1. The van der Waals surface area contributed by atoms with Gasteiger partial charge in [0.05, 0.1) is 12.5 Å². The van der Waals surface area contributed by atoms with Crippen LogP contribution in [-0.4, -0.2) is 66.1 Å². The minimum Gasteiger partial charge on any atom is -0.462 e. The molecule has 0 aliphatic heterocycles. The van der Waals surface area contributed by atoms with Crippen LogP contribution in [0.2, 0.25) is 5.02 Å². The lowest BCUT2D eigenvalue weighted by atomic mass is 9.34. The van der Waals surface area contributed by atoms with Crippen LogP contribution in [0.1, 0.15) is 125 Å². The number of halogens is 1. The molecule has 0 amide bonds. The number of carbonyl (C=O) groups is 3. The number of esters is 1. The van der Waals surface area contributed by atoms with E-state index in [-0.39, 0.29) is 58.3 Å². The topological polar surface area (TPSA) is 104 Å². The number of aldehydes is 1. The smallest absolute Gasteiger partial charge is 0.307 e. The number of benzene rings is 1. The Hall–Kier alpha value is -2.06. The number of Topliss-reactive ketones (excluding diaryl/α,β-unsaturated/α-hetero) is 1. The molecule has 2 N–H and O–H groups in total. The van der Waals surface area contributed by atoms with E-state index in [1.165, 1.54) is 5.57 Å². The third kappa shape index (κ3) is 7.24. The summed E-state index contributed by atoms with van der Waals surface area (Å²) >= 11 is 6.14. The molecule has 53 heavy (non-hydrogen) atoms. The van der Waals surface area contributed by atoms with Crippen molar-refractivity contribution < 1.29 is 29.3 Å². The lowest BCUT2D eigenvalue weighted by Gasteiger charge is -2.71. The zero-order valence-electron chi connectivity index (χ0n) is 34.3. The number of fused-ring (bicyclic) bond motifs is 7. The van der Waals surface area contributed by atoms with Crippen LogP contribution in [0.3, 0.4) is 0 Å². The molecule has 5 aliphatic carbocycles. The van der Waals surface area contributed by atoms with Gasteiger partial charge in [0.25, 0.3) is 0 Å². The maximum atomic E-state index is 14.1. The van der Waals surface area contributed by atoms with Crippen LogP contribution >= 0.6 is 11.6 Å². The number of carbonyl (C=O) groups excluding carboxylic acids is 3. The summed E-state index contributed by atoms with van der Waals surface area (Å²) in [5, 5.41) is 20.0. The molecule has 5 aliphatic rings. The lowest BCUT2D eigenvalue weighted by molar-refractivity contribution is -0.218. The fourth-order valence-electron chi connectivity index (χ4n) is 12.9. The van der Waals surface area contributed by atoms with Gasteiger partial charge >= 0.3 is 5.97 Å². The number of rotatable bonds is 10. The third-order valence-electron chi connectivity index (χ3n) is 15.7. The minimum atomic E-state index is -0.708. The first-order valence-corrected chi connectivity index (χ1v) is 20.7. The molecule has 1 aromatic rings. The molecular formula is C45H68ClNO6. The van der Waals surface area contributed by atoms with Crippen molar-refractivity contribution in [3.05, 3.63) is 46.0 Å². The number of allylic oxidation sites excluding steroid dienone is 1. The van der Waals surface area contributed by atoms with E-state index in [9.17, 15) is 19.5 Å². The first kappa shape index (κ1) is 42.1. The Kier molecular flexibility index (Phi) is 12.3. The summed E-state index contributed by atoms with van der Waals surface area (Å²) in [7, 11) is 3.07. The predicted octanol–water partition coefficient (Wildman–Crippen LogP) is 8.86. The second kappa shape index (κ2) is 15.5. The van der Waals surface area contributed by atoms with Crippen molar-refractivity contribution in [3.63, 3.8) is 0 Å². The average molecular weight is 754 g/mol. The molecule has 9 unspecified atom stereocenters. The molecule has 0 heterocycles. The van der Waals surface area contributed by atoms with E-state index in [1.54, 1.807) is 13.8 Å². The van der Waals surface area contributed by atoms with Crippen molar-refractivity contribution in [2.75, 3.05) is 20.7 Å². The van der Waals surface area contributed by atoms with Crippen molar-refractivity contribution in [3.8, 4) is 0 Å². The van der Waals surface area contributed by atoms with Gasteiger partial charge in [0.2, 0.25) is 0 Å². The van der Waals surface area contributed by atoms with Crippen LogP contribution in [0.15, 0.2) is 35.4 Å². The zero-order chi connectivity index (χ0) is 39.3. The van der Waals surface area contributed by atoms with Gasteiger partial charge in [-0.3, -0.25) is 14.5 Å². The predicted molar refractivity (Wildman–Crippen MR) is 211 cm³/mol. The van der Waals surface area contributed by atoms with Gasteiger partial charge in [-0.15, -0.1) is 0 Å². The van der Waals surface area contributed by atoms with Crippen molar-refractivity contribution >= 4 is 29.6 Å². The number of hydrogen-bond acceptors (Lipinski definition) is 7. The maximum Gasteiger partial charge on any atom is 0.307 e. The number of hydrogen-bond donors (Lipinski definition) is 2. The van der Waals surface area contributed by atoms with Gasteiger partial charge in [0.15, 0.2) is 5.78 Å². The fraction of sp³-hybridized carbons (Fsp3) is 0.756. The van der Waals surface area contributed by atoms with Crippen LogP contribution in [0.4, 0.5) is 0 Å². The molecule has 0 aromatic heterocycles. The van der Waals surface area contributed by atoms with Crippen LogP contribution < -0.4 is 0 Å². The second-order valence-corrected chi connectivity index (χ2v) is 19.9. The molecule has 4 fully saturated rings.